The Bertz CT molecular complexity index is 3130. The van der Waals surface area contributed by atoms with Gasteiger partial charge in [-0.2, -0.15) is 17.5 Å². The summed E-state index contributed by atoms with van der Waals surface area (Å²) in [4.78, 5) is 57.7. The van der Waals surface area contributed by atoms with Crippen LogP contribution in [0.4, 0.5) is 28.9 Å². The van der Waals surface area contributed by atoms with E-state index < -0.39 is 69.0 Å². The van der Waals surface area contributed by atoms with Crippen molar-refractivity contribution in [1.29, 1.82) is 0 Å². The van der Waals surface area contributed by atoms with Crippen LogP contribution in [0.2, 0.25) is 5.02 Å². The Hall–Kier alpha value is -6.07. The second kappa shape index (κ2) is 17.8. The molecule has 6 heterocycles. The van der Waals surface area contributed by atoms with Gasteiger partial charge in [-0.15, -0.1) is 0 Å². The molecule has 1 aromatic heterocycles. The molecule has 5 aliphatic heterocycles. The van der Waals surface area contributed by atoms with Gasteiger partial charge in [-0.1, -0.05) is 62.4 Å². The first kappa shape index (κ1) is 49.5. The van der Waals surface area contributed by atoms with Gasteiger partial charge in [0.25, 0.3) is 5.91 Å². The molecular weight excluding hydrogens is 978 g/mol. The quantitative estimate of drug-likeness (QED) is 0.0792. The number of aromatic nitrogens is 1. The summed E-state index contributed by atoms with van der Waals surface area (Å²) >= 11 is 6.36. The third-order valence-corrected chi connectivity index (χ3v) is 17.7. The van der Waals surface area contributed by atoms with Gasteiger partial charge in [-0.05, 0) is 90.5 Å². The number of hydrogen-bond donors (Lipinski definition) is 4. The van der Waals surface area contributed by atoms with E-state index in [1.165, 1.54) is 46.6 Å². The van der Waals surface area contributed by atoms with E-state index >= 15 is 4.39 Å². The van der Waals surface area contributed by atoms with Crippen LogP contribution in [0.3, 0.4) is 0 Å². The number of methoxy groups -OCH3 is 1. The van der Waals surface area contributed by atoms with Crippen LogP contribution < -0.4 is 26.0 Å². The monoisotopic (exact) mass is 1030 g/mol. The van der Waals surface area contributed by atoms with Crippen LogP contribution in [0.1, 0.15) is 104 Å². The minimum atomic E-state index is -4.72. The number of nitrogens with zero attached hydrogens (tertiary/aromatic N) is 3. The van der Waals surface area contributed by atoms with Crippen molar-refractivity contribution >= 4 is 56.6 Å². The van der Waals surface area contributed by atoms with Crippen molar-refractivity contribution in [2.45, 2.75) is 106 Å². The fraction of sp³-hybridized carbons (Fsp3) is 0.442. The molecule has 0 radical (unpaired) electrons. The molecule has 4 amide bonds. The summed E-state index contributed by atoms with van der Waals surface area (Å²) in [5.41, 5.74) is -0.131. The molecule has 14 nitrogen and oxygen atoms in total. The van der Waals surface area contributed by atoms with E-state index in [-0.39, 0.29) is 100 Å². The van der Waals surface area contributed by atoms with Crippen molar-refractivity contribution in [2.75, 3.05) is 37.4 Å². The van der Waals surface area contributed by atoms with Crippen LogP contribution >= 0.6 is 11.6 Å². The molecule has 2 spiro atoms. The Morgan fingerprint density at radius 1 is 1.04 bits per heavy atom. The summed E-state index contributed by atoms with van der Waals surface area (Å²) in [7, 11) is -2.71. The minimum absolute atomic E-state index is 0.0195. The van der Waals surface area contributed by atoms with Crippen molar-refractivity contribution < 1.29 is 49.9 Å². The normalized spacial score (nSPS) is 25.7. The number of nitrogens with one attached hydrogen (secondary N) is 4. The Kier molecular flexibility index (Phi) is 12.3. The second-order valence-corrected chi connectivity index (χ2v) is 23.3. The third kappa shape index (κ3) is 8.56. The van der Waals surface area contributed by atoms with Crippen LogP contribution in [-0.2, 0) is 42.5 Å². The van der Waals surface area contributed by atoms with Crippen molar-refractivity contribution in [3.63, 3.8) is 0 Å². The number of anilines is 2. The standard InChI is InChI=1S/C52H52ClF4N7O7S/c1-49(2,3)24-41-51(27-59-37-22-40(52(55,56)57)58-25-34(37)51)43(32-9-6-10-35(53)44(32)54)45(61-41)47(67)60-36-14-13-30(21-39(36)71-4)72(69,70)63-19-17-50(18-20-63)23-29(50)12-11-28-7-5-8-31-33(28)26-64(48(31)68)38-15-16-42(65)62-46(38)66/h5-10,13-14,21-22,25,29,38,41,43,45,59,61H,15-20,23-24,26-27H2,1-4H3,(H,60,67)(H,62,65,66)/t29-,38+,41+,43+,45-,51+/m1/s1. The van der Waals surface area contributed by atoms with E-state index in [4.69, 9.17) is 16.3 Å². The molecule has 1 aliphatic carbocycles. The smallest absolute Gasteiger partial charge is 0.433 e. The number of hydrogen-bond acceptors (Lipinski definition) is 10. The maximum absolute atomic E-state index is 16.3. The van der Waals surface area contributed by atoms with E-state index in [9.17, 15) is 40.8 Å². The Balaban J connectivity index is 0.855. The van der Waals surface area contributed by atoms with Gasteiger partial charge in [0.15, 0.2) is 0 Å². The second-order valence-electron chi connectivity index (χ2n) is 21.0. The first-order valence-electron chi connectivity index (χ1n) is 23.8. The topological polar surface area (TPSA) is 179 Å². The molecule has 3 saturated heterocycles. The number of pyridine rings is 1. The number of rotatable bonds is 8. The fourth-order valence-corrected chi connectivity index (χ4v) is 13.4. The maximum Gasteiger partial charge on any atom is 0.433 e. The number of piperidine rings is 2. The zero-order valence-corrected chi connectivity index (χ0v) is 41.4. The average Bonchev–Trinajstić information content (AvgIpc) is 3.54. The number of ether oxygens (including phenoxy) is 1. The third-order valence-electron chi connectivity index (χ3n) is 15.5. The molecule has 1 saturated carbocycles. The Morgan fingerprint density at radius 2 is 1.79 bits per heavy atom. The van der Waals surface area contributed by atoms with E-state index in [1.807, 2.05) is 26.8 Å². The molecule has 4 aromatic rings. The number of carbonyl (C=O) groups is 4. The van der Waals surface area contributed by atoms with E-state index in [0.29, 0.717) is 36.0 Å². The molecule has 6 aliphatic rings. The number of carbonyl (C=O) groups excluding carboxylic acids is 4. The summed E-state index contributed by atoms with van der Waals surface area (Å²) < 4.78 is 93.6. The lowest BCUT2D eigenvalue weighted by molar-refractivity contribution is -0.141. The van der Waals surface area contributed by atoms with Gasteiger partial charge in [0, 0.05) is 90.5 Å². The molecule has 10 rings (SSSR count). The molecule has 0 unspecified atom stereocenters. The number of benzene rings is 3. The van der Waals surface area contributed by atoms with Gasteiger partial charge in [0.1, 0.15) is 23.3 Å². The maximum atomic E-state index is 16.3. The zero-order chi connectivity index (χ0) is 51.3. The number of alkyl halides is 3. The lowest BCUT2D eigenvalue weighted by Gasteiger charge is -2.39. The molecule has 378 valence electrons. The van der Waals surface area contributed by atoms with Crippen LogP contribution in [0.15, 0.2) is 71.8 Å². The number of sulfonamides is 1. The summed E-state index contributed by atoms with van der Waals surface area (Å²) in [6.07, 6.45) is -0.782. The van der Waals surface area contributed by atoms with Gasteiger partial charge < -0.3 is 25.6 Å². The van der Waals surface area contributed by atoms with E-state index in [2.05, 4.69) is 38.1 Å². The zero-order valence-electron chi connectivity index (χ0n) is 39.8. The SMILES string of the molecule is COc1cc(S(=O)(=O)N2CCC3(CC2)C[C@H]3C#Cc2cccc3c2CN([C@H]2CCC(=O)NC2=O)C3=O)ccc1NC(=O)[C@@H]1N[C@@H](CC(C)(C)C)[C@@]2(CNc3cc(C(F)(F)F)ncc32)[C@H]1c1cccc(Cl)c1F. The van der Waals surface area contributed by atoms with Gasteiger partial charge in [0.05, 0.1) is 28.8 Å². The fourth-order valence-electron chi connectivity index (χ4n) is 11.8. The minimum Gasteiger partial charge on any atom is -0.495 e. The molecule has 6 atom stereocenters. The van der Waals surface area contributed by atoms with Crippen molar-refractivity contribution in [2.24, 2.45) is 16.7 Å². The molecule has 4 fully saturated rings. The van der Waals surface area contributed by atoms with Gasteiger partial charge in [0.2, 0.25) is 27.7 Å². The highest BCUT2D eigenvalue weighted by Crippen LogP contribution is 2.60. The van der Waals surface area contributed by atoms with E-state index in [0.717, 1.165) is 24.2 Å². The van der Waals surface area contributed by atoms with E-state index in [1.54, 1.807) is 18.2 Å². The van der Waals surface area contributed by atoms with Gasteiger partial charge in [-0.25, -0.2) is 12.8 Å². The largest absolute Gasteiger partial charge is 0.495 e. The molecule has 20 heteroatoms. The Morgan fingerprint density at radius 3 is 2.50 bits per heavy atom. The highest BCUT2D eigenvalue weighted by molar-refractivity contribution is 7.89. The van der Waals surface area contributed by atoms with Gasteiger partial charge >= 0.3 is 6.18 Å². The molecule has 4 N–H and O–H groups in total. The number of halogens is 5. The molecular formula is C52H52ClF4N7O7S. The molecule has 0 bridgehead atoms. The summed E-state index contributed by atoms with van der Waals surface area (Å²) in [6.45, 7) is 6.72. The predicted molar refractivity (Wildman–Crippen MR) is 258 cm³/mol. The van der Waals surface area contributed by atoms with Crippen LogP contribution in [0, 0.1) is 34.4 Å². The number of amides is 4. The molecule has 72 heavy (non-hydrogen) atoms. The Labute approximate surface area is 419 Å². The van der Waals surface area contributed by atoms with Crippen molar-refractivity contribution in [3.05, 3.63) is 111 Å². The highest BCUT2D eigenvalue weighted by atomic mass is 35.5. The molecule has 3 aromatic carbocycles. The van der Waals surface area contributed by atoms with Crippen LogP contribution in [-0.4, -0.2) is 91.1 Å². The summed E-state index contributed by atoms with van der Waals surface area (Å²) in [5.74, 6) is 3.20. The number of fused-ring (bicyclic) bond motifs is 3. The lowest BCUT2D eigenvalue weighted by Crippen LogP contribution is -2.52. The van der Waals surface area contributed by atoms with Crippen molar-refractivity contribution in [3.8, 4) is 17.6 Å². The first-order valence-corrected chi connectivity index (χ1v) is 25.7. The average molecular weight is 1030 g/mol. The number of imide groups is 1. The predicted octanol–water partition coefficient (Wildman–Crippen LogP) is 7.37. The van der Waals surface area contributed by atoms with Crippen molar-refractivity contribution in [1.82, 2.24) is 24.8 Å². The lowest BCUT2D eigenvalue weighted by atomic mass is 9.63. The van der Waals surface area contributed by atoms with Gasteiger partial charge in [-0.3, -0.25) is 29.5 Å². The first-order chi connectivity index (χ1) is 34.0. The summed E-state index contributed by atoms with van der Waals surface area (Å²) in [5, 5.41) is 11.6. The van der Waals surface area contributed by atoms with Crippen LogP contribution in [0.5, 0.6) is 5.75 Å². The summed E-state index contributed by atoms with van der Waals surface area (Å²) in [6, 6.07) is 12.3. The van der Waals surface area contributed by atoms with Crippen LogP contribution in [0.25, 0.3) is 0 Å². The highest BCUT2D eigenvalue weighted by Gasteiger charge is 2.62.